The van der Waals surface area contributed by atoms with E-state index in [2.05, 4.69) is 15.3 Å². The highest BCUT2D eigenvalue weighted by molar-refractivity contribution is 6.02. The van der Waals surface area contributed by atoms with Gasteiger partial charge in [0.2, 0.25) is 5.91 Å². The third-order valence-electron chi connectivity index (χ3n) is 3.84. The molecule has 0 spiro atoms. The molecule has 0 aliphatic carbocycles. The minimum absolute atomic E-state index is 0.213. The Balaban J connectivity index is 1.64. The smallest absolute Gasteiger partial charge is 0.248 e. The minimum atomic E-state index is -0.213. The molecule has 0 aliphatic heterocycles. The van der Waals surface area contributed by atoms with Crippen molar-refractivity contribution in [1.82, 2.24) is 9.97 Å². The monoisotopic (exact) mass is 363 g/mol. The molecule has 138 valence electrons. The van der Waals surface area contributed by atoms with Crippen molar-refractivity contribution in [2.45, 2.75) is 6.92 Å². The second-order valence-corrected chi connectivity index (χ2v) is 5.68. The number of ether oxygens (including phenoxy) is 2. The van der Waals surface area contributed by atoms with Crippen LogP contribution < -0.4 is 14.8 Å². The number of rotatable bonds is 7. The molecule has 0 saturated carbocycles. The predicted molar refractivity (Wildman–Crippen MR) is 106 cm³/mol. The highest BCUT2D eigenvalue weighted by atomic mass is 16.5. The lowest BCUT2D eigenvalue weighted by atomic mass is 10.1. The number of aromatic amines is 1. The van der Waals surface area contributed by atoms with Crippen LogP contribution in [0.3, 0.4) is 0 Å². The largest absolute Gasteiger partial charge is 0.493 e. The van der Waals surface area contributed by atoms with E-state index in [-0.39, 0.29) is 5.91 Å². The summed E-state index contributed by atoms with van der Waals surface area (Å²) in [6, 6.07) is 13.0. The Morgan fingerprint density at radius 1 is 1.19 bits per heavy atom. The first kappa shape index (κ1) is 18.3. The summed E-state index contributed by atoms with van der Waals surface area (Å²) in [7, 11) is 1.60. The zero-order chi connectivity index (χ0) is 19.1. The number of amides is 1. The number of hydrogen-bond acceptors (Lipinski definition) is 4. The van der Waals surface area contributed by atoms with E-state index in [4.69, 9.17) is 9.47 Å². The van der Waals surface area contributed by atoms with Crippen LogP contribution in [-0.4, -0.2) is 29.6 Å². The Kier molecular flexibility index (Phi) is 5.89. The predicted octanol–water partition coefficient (Wildman–Crippen LogP) is 4.14. The summed E-state index contributed by atoms with van der Waals surface area (Å²) in [4.78, 5) is 19.4. The topological polar surface area (TPSA) is 76.2 Å². The first-order valence-electron chi connectivity index (χ1n) is 8.59. The SMILES string of the molecule is CCOc1cc(/C=C/C(=O)Nc2ccc(-c3ncc[nH]3)cc2)ccc1OC. The molecule has 0 unspecified atom stereocenters. The van der Waals surface area contributed by atoms with Crippen molar-refractivity contribution in [3.05, 3.63) is 66.5 Å². The fourth-order valence-electron chi connectivity index (χ4n) is 2.56. The number of imidazole rings is 1. The van der Waals surface area contributed by atoms with Gasteiger partial charge in [-0.3, -0.25) is 4.79 Å². The molecular formula is C21H21N3O3. The first-order chi connectivity index (χ1) is 13.2. The van der Waals surface area contributed by atoms with E-state index < -0.39 is 0 Å². The zero-order valence-electron chi connectivity index (χ0n) is 15.2. The lowest BCUT2D eigenvalue weighted by Crippen LogP contribution is -2.07. The molecule has 0 saturated heterocycles. The van der Waals surface area contributed by atoms with Crippen molar-refractivity contribution in [2.75, 3.05) is 19.0 Å². The minimum Gasteiger partial charge on any atom is -0.493 e. The highest BCUT2D eigenvalue weighted by Crippen LogP contribution is 2.28. The molecule has 1 heterocycles. The van der Waals surface area contributed by atoms with Crippen LogP contribution in [0.1, 0.15) is 12.5 Å². The van der Waals surface area contributed by atoms with Crippen LogP contribution >= 0.6 is 0 Å². The standard InChI is InChI=1S/C21H21N3O3/c1-3-27-19-14-15(4-10-18(19)26-2)5-11-20(25)24-17-8-6-16(7-9-17)21-22-12-13-23-21/h4-14H,3H2,1-2H3,(H,22,23)(H,24,25)/b11-5+. The molecule has 3 aromatic rings. The molecule has 2 aromatic carbocycles. The number of carbonyl (C=O) groups excluding carboxylic acids is 1. The maximum absolute atomic E-state index is 12.2. The second-order valence-electron chi connectivity index (χ2n) is 5.68. The summed E-state index contributed by atoms with van der Waals surface area (Å²) in [6.45, 7) is 2.45. The van der Waals surface area contributed by atoms with Gasteiger partial charge in [0.25, 0.3) is 0 Å². The van der Waals surface area contributed by atoms with Crippen molar-refractivity contribution in [1.29, 1.82) is 0 Å². The zero-order valence-corrected chi connectivity index (χ0v) is 15.2. The number of aromatic nitrogens is 2. The lowest BCUT2D eigenvalue weighted by Gasteiger charge is -2.09. The Hall–Kier alpha value is -3.54. The van der Waals surface area contributed by atoms with E-state index in [0.717, 1.165) is 17.0 Å². The van der Waals surface area contributed by atoms with E-state index in [0.29, 0.717) is 23.8 Å². The highest BCUT2D eigenvalue weighted by Gasteiger charge is 2.05. The van der Waals surface area contributed by atoms with Crippen molar-refractivity contribution in [3.8, 4) is 22.9 Å². The van der Waals surface area contributed by atoms with E-state index in [1.54, 1.807) is 25.6 Å². The molecule has 6 heteroatoms. The molecule has 6 nitrogen and oxygen atoms in total. The van der Waals surface area contributed by atoms with Crippen molar-refractivity contribution >= 4 is 17.7 Å². The summed E-state index contributed by atoms with van der Waals surface area (Å²) in [5.74, 6) is 1.89. The van der Waals surface area contributed by atoms with Gasteiger partial charge in [0, 0.05) is 29.7 Å². The van der Waals surface area contributed by atoms with Gasteiger partial charge in [-0.05, 0) is 55.0 Å². The molecule has 0 atom stereocenters. The number of nitrogens with one attached hydrogen (secondary N) is 2. The average Bonchev–Trinajstić information content (AvgIpc) is 3.22. The van der Waals surface area contributed by atoms with Crippen LogP contribution in [0, 0.1) is 0 Å². The number of H-pyrrole nitrogens is 1. The van der Waals surface area contributed by atoms with Crippen molar-refractivity contribution in [3.63, 3.8) is 0 Å². The molecule has 0 fully saturated rings. The van der Waals surface area contributed by atoms with E-state index in [9.17, 15) is 4.79 Å². The molecule has 0 aliphatic rings. The van der Waals surface area contributed by atoms with Gasteiger partial charge in [0.05, 0.1) is 13.7 Å². The Morgan fingerprint density at radius 2 is 2.00 bits per heavy atom. The van der Waals surface area contributed by atoms with Crippen LogP contribution in [0.5, 0.6) is 11.5 Å². The van der Waals surface area contributed by atoms with Gasteiger partial charge >= 0.3 is 0 Å². The van der Waals surface area contributed by atoms with Gasteiger partial charge in [-0.15, -0.1) is 0 Å². The Labute approximate surface area is 157 Å². The fourth-order valence-corrected chi connectivity index (χ4v) is 2.56. The van der Waals surface area contributed by atoms with Crippen LogP contribution in [0.15, 0.2) is 60.9 Å². The number of nitrogens with zero attached hydrogens (tertiary/aromatic N) is 1. The lowest BCUT2D eigenvalue weighted by molar-refractivity contribution is -0.111. The molecule has 3 rings (SSSR count). The molecular weight excluding hydrogens is 342 g/mol. The van der Waals surface area contributed by atoms with Gasteiger partial charge in [-0.1, -0.05) is 6.07 Å². The van der Waals surface area contributed by atoms with Crippen LogP contribution in [0.4, 0.5) is 5.69 Å². The first-order valence-corrected chi connectivity index (χ1v) is 8.59. The molecule has 0 radical (unpaired) electrons. The summed E-state index contributed by atoms with van der Waals surface area (Å²) in [5, 5.41) is 2.83. The van der Waals surface area contributed by atoms with E-state index in [1.165, 1.54) is 6.08 Å². The van der Waals surface area contributed by atoms with Crippen LogP contribution in [-0.2, 0) is 4.79 Å². The number of benzene rings is 2. The summed E-state index contributed by atoms with van der Waals surface area (Å²) < 4.78 is 10.8. The van der Waals surface area contributed by atoms with Crippen molar-refractivity contribution < 1.29 is 14.3 Å². The quantitative estimate of drug-likeness (QED) is 0.619. The third-order valence-corrected chi connectivity index (χ3v) is 3.84. The second kappa shape index (κ2) is 8.71. The van der Waals surface area contributed by atoms with Gasteiger partial charge in [-0.25, -0.2) is 4.98 Å². The van der Waals surface area contributed by atoms with Gasteiger partial charge in [0.1, 0.15) is 5.82 Å². The molecule has 27 heavy (non-hydrogen) atoms. The summed E-state index contributed by atoms with van der Waals surface area (Å²) in [6.07, 6.45) is 6.68. The fraction of sp³-hybridized carbons (Fsp3) is 0.143. The number of anilines is 1. The van der Waals surface area contributed by atoms with E-state index in [1.807, 2.05) is 49.4 Å². The Morgan fingerprint density at radius 3 is 2.67 bits per heavy atom. The Bertz CT molecular complexity index is 916. The van der Waals surface area contributed by atoms with Gasteiger partial charge < -0.3 is 19.8 Å². The number of hydrogen-bond donors (Lipinski definition) is 2. The normalized spacial score (nSPS) is 10.7. The van der Waals surface area contributed by atoms with Gasteiger partial charge in [-0.2, -0.15) is 0 Å². The molecule has 1 aromatic heterocycles. The summed E-state index contributed by atoms with van der Waals surface area (Å²) in [5.41, 5.74) is 2.52. The maximum Gasteiger partial charge on any atom is 0.248 e. The molecule has 1 amide bonds. The molecule has 0 bridgehead atoms. The number of carbonyl (C=O) groups is 1. The third kappa shape index (κ3) is 4.76. The summed E-state index contributed by atoms with van der Waals surface area (Å²) >= 11 is 0. The maximum atomic E-state index is 12.2. The van der Waals surface area contributed by atoms with Crippen LogP contribution in [0.25, 0.3) is 17.5 Å². The van der Waals surface area contributed by atoms with Gasteiger partial charge in [0.15, 0.2) is 11.5 Å². The number of methoxy groups -OCH3 is 1. The van der Waals surface area contributed by atoms with E-state index >= 15 is 0 Å². The van der Waals surface area contributed by atoms with Crippen LogP contribution in [0.2, 0.25) is 0 Å². The average molecular weight is 363 g/mol. The molecule has 2 N–H and O–H groups in total. The van der Waals surface area contributed by atoms with Crippen molar-refractivity contribution in [2.24, 2.45) is 0 Å².